The maximum Gasteiger partial charge on any atom is 0.250 e. The summed E-state index contributed by atoms with van der Waals surface area (Å²) in [4.78, 5) is 50.0. The molecule has 3 amide bonds. The van der Waals surface area contributed by atoms with E-state index in [0.29, 0.717) is 36.4 Å². The lowest BCUT2D eigenvalue weighted by molar-refractivity contribution is -0.157. The van der Waals surface area contributed by atoms with Crippen molar-refractivity contribution in [2.45, 2.75) is 77.4 Å². The molecule has 1 aromatic heterocycles. The summed E-state index contributed by atoms with van der Waals surface area (Å²) < 4.78 is 14.3. The Morgan fingerprint density at radius 2 is 1.82 bits per heavy atom. The van der Waals surface area contributed by atoms with Gasteiger partial charge in [0.25, 0.3) is 0 Å². The van der Waals surface area contributed by atoms with Gasteiger partial charge in [0, 0.05) is 18.8 Å². The van der Waals surface area contributed by atoms with E-state index in [2.05, 4.69) is 23.5 Å². The Hall–Kier alpha value is -4.55. The predicted molar refractivity (Wildman–Crippen MR) is 194 cm³/mol. The maximum absolute atomic E-state index is 15.2. The van der Waals surface area contributed by atoms with Gasteiger partial charge in [-0.15, -0.1) is 18.3 Å². The number of anilines is 1. The van der Waals surface area contributed by atoms with Crippen LogP contribution in [0, 0.1) is 23.7 Å². The lowest BCUT2D eigenvalue weighted by Crippen LogP contribution is -2.60. The highest BCUT2D eigenvalue weighted by molar-refractivity contribution is 6.03. The van der Waals surface area contributed by atoms with E-state index in [0.717, 1.165) is 5.52 Å². The van der Waals surface area contributed by atoms with Gasteiger partial charge in [-0.1, -0.05) is 56.7 Å². The predicted octanol–water partition coefficient (Wildman–Crippen LogP) is 4.44. The fraction of sp³-hybridized carbons (Fsp3) is 0.513. The number of carbonyl (C=O) groups is 3. The Morgan fingerprint density at radius 1 is 1.12 bits per heavy atom. The van der Waals surface area contributed by atoms with Crippen LogP contribution in [0.4, 0.5) is 5.69 Å². The molecule has 1 N–H and O–H groups in total. The van der Waals surface area contributed by atoms with Crippen molar-refractivity contribution < 1.29 is 29.0 Å². The molecule has 8 atom stereocenters. The van der Waals surface area contributed by atoms with Gasteiger partial charge in [0.1, 0.15) is 29.6 Å². The van der Waals surface area contributed by atoms with Crippen molar-refractivity contribution in [3.05, 3.63) is 73.8 Å². The van der Waals surface area contributed by atoms with Crippen LogP contribution in [-0.2, 0) is 25.8 Å². The Labute approximate surface area is 299 Å². The smallest absolute Gasteiger partial charge is 0.250 e. The van der Waals surface area contributed by atoms with Crippen molar-refractivity contribution in [1.82, 2.24) is 24.8 Å². The summed E-state index contributed by atoms with van der Waals surface area (Å²) in [6, 6.07) is 13.0. The first kappa shape index (κ1) is 36.2. The quantitative estimate of drug-likeness (QED) is 0.231. The minimum Gasteiger partial charge on any atom is -0.494 e. The average Bonchev–Trinajstić information content (AvgIpc) is 3.80. The van der Waals surface area contributed by atoms with E-state index in [-0.39, 0.29) is 55.9 Å². The molecule has 3 unspecified atom stereocenters. The summed E-state index contributed by atoms with van der Waals surface area (Å²) in [7, 11) is 0. The Morgan fingerprint density at radius 3 is 2.47 bits per heavy atom. The lowest BCUT2D eigenvalue weighted by atomic mass is 9.62. The second kappa shape index (κ2) is 14.2. The third-order valence-corrected chi connectivity index (χ3v) is 11.5. The number of likely N-dealkylation sites (tertiary alicyclic amines) is 1. The van der Waals surface area contributed by atoms with Gasteiger partial charge in [-0.2, -0.15) is 0 Å². The molecule has 0 radical (unpaired) electrons. The van der Waals surface area contributed by atoms with Gasteiger partial charge in [0.15, 0.2) is 0 Å². The second-order valence-corrected chi connectivity index (χ2v) is 14.3. The number of para-hydroxylation sites is 1. The number of carbonyl (C=O) groups excluding carboxylic acids is 3. The maximum atomic E-state index is 15.2. The van der Waals surface area contributed by atoms with Crippen LogP contribution >= 0.6 is 0 Å². The lowest BCUT2D eigenvalue weighted by Gasteiger charge is -2.41. The fourth-order valence-corrected chi connectivity index (χ4v) is 8.74. The molecule has 4 heterocycles. The number of nitrogens with zero attached hydrogens (tertiary/aromatic N) is 6. The number of amides is 3. The third kappa shape index (κ3) is 5.82. The van der Waals surface area contributed by atoms with Gasteiger partial charge >= 0.3 is 0 Å². The molecular weight excluding hydrogens is 648 g/mol. The molecular formula is C39H50N6O6. The van der Waals surface area contributed by atoms with Crippen LogP contribution in [0.15, 0.2) is 73.8 Å². The zero-order valence-corrected chi connectivity index (χ0v) is 30.3. The topological polar surface area (TPSA) is 130 Å². The summed E-state index contributed by atoms with van der Waals surface area (Å²) in [5.74, 6) is -2.46. The minimum absolute atomic E-state index is 0.0534. The molecule has 0 aliphatic carbocycles. The van der Waals surface area contributed by atoms with Crippen molar-refractivity contribution in [3.8, 4) is 5.75 Å². The number of hydrogen-bond donors (Lipinski definition) is 1. The fourth-order valence-electron chi connectivity index (χ4n) is 8.74. The molecule has 3 saturated heterocycles. The van der Waals surface area contributed by atoms with Crippen molar-refractivity contribution in [2.75, 3.05) is 31.2 Å². The summed E-state index contributed by atoms with van der Waals surface area (Å²) in [5.41, 5.74) is -0.273. The molecule has 3 aromatic rings. The van der Waals surface area contributed by atoms with Gasteiger partial charge in [0.05, 0.1) is 42.2 Å². The number of aliphatic hydroxyl groups excluding tert-OH is 1. The molecule has 3 aliphatic rings. The molecule has 12 heteroatoms. The molecule has 6 rings (SSSR count). The molecule has 2 bridgehead atoms. The third-order valence-electron chi connectivity index (χ3n) is 11.5. The Kier molecular flexibility index (Phi) is 10.1. The highest BCUT2D eigenvalue weighted by Crippen LogP contribution is 2.66. The van der Waals surface area contributed by atoms with E-state index >= 15 is 9.59 Å². The van der Waals surface area contributed by atoms with Crippen LogP contribution in [0.1, 0.15) is 47.5 Å². The van der Waals surface area contributed by atoms with Crippen molar-refractivity contribution >= 4 is 34.4 Å². The summed E-state index contributed by atoms with van der Waals surface area (Å²) in [5, 5.41) is 19.5. The highest BCUT2D eigenvalue weighted by Gasteiger charge is 2.80. The van der Waals surface area contributed by atoms with Gasteiger partial charge in [0.2, 0.25) is 17.7 Å². The van der Waals surface area contributed by atoms with Crippen molar-refractivity contribution in [3.63, 3.8) is 0 Å². The molecule has 0 saturated carbocycles. The monoisotopic (exact) mass is 698 g/mol. The summed E-state index contributed by atoms with van der Waals surface area (Å²) >= 11 is 0. The van der Waals surface area contributed by atoms with Crippen LogP contribution in [-0.4, -0.2) is 97.2 Å². The van der Waals surface area contributed by atoms with Crippen LogP contribution in [0.5, 0.6) is 5.75 Å². The minimum atomic E-state index is -1.31. The molecule has 2 aromatic carbocycles. The van der Waals surface area contributed by atoms with Gasteiger partial charge in [-0.05, 0) is 68.5 Å². The molecule has 1 spiro atoms. The first-order chi connectivity index (χ1) is 24.5. The molecule has 51 heavy (non-hydrogen) atoms. The second-order valence-electron chi connectivity index (χ2n) is 14.3. The molecule has 3 fully saturated rings. The zero-order valence-electron chi connectivity index (χ0n) is 30.3. The Bertz CT molecular complexity index is 1790. The van der Waals surface area contributed by atoms with E-state index in [1.807, 2.05) is 83.1 Å². The van der Waals surface area contributed by atoms with Crippen molar-refractivity contribution in [2.24, 2.45) is 23.7 Å². The van der Waals surface area contributed by atoms with Crippen LogP contribution < -0.4 is 9.64 Å². The normalized spacial score (nSPS) is 27.6. The molecule has 12 nitrogen and oxygen atoms in total. The SMILES string of the molecule is C=CCN(Cn1nnc2ccccc21)C(=O)C1N([C@@H](CO)[C@@H](C)CC)C(=O)[C@@H]2[C@@H](C(=O)N(CC=C)c3ccc(OCC)cc3)[C@]3(C)OC12CC3C. The first-order valence-electron chi connectivity index (χ1n) is 18.0. The van der Waals surface area contributed by atoms with E-state index in [9.17, 15) is 9.90 Å². The number of benzene rings is 2. The number of hydrogen-bond acceptors (Lipinski definition) is 8. The number of aliphatic hydroxyl groups is 1. The molecule has 3 aliphatic heterocycles. The van der Waals surface area contributed by atoms with Gasteiger partial charge in [-0.3, -0.25) is 14.4 Å². The van der Waals surface area contributed by atoms with Crippen LogP contribution in [0.25, 0.3) is 11.0 Å². The van der Waals surface area contributed by atoms with Crippen molar-refractivity contribution in [1.29, 1.82) is 0 Å². The van der Waals surface area contributed by atoms with E-state index < -0.39 is 35.1 Å². The van der Waals surface area contributed by atoms with Crippen LogP contribution in [0.3, 0.4) is 0 Å². The van der Waals surface area contributed by atoms with Gasteiger partial charge in [-0.25, -0.2) is 4.68 Å². The number of ether oxygens (including phenoxy) is 2. The highest BCUT2D eigenvalue weighted by atomic mass is 16.5. The number of fused-ring (bicyclic) bond motifs is 2. The first-order valence-corrected chi connectivity index (χ1v) is 18.0. The zero-order chi connectivity index (χ0) is 36.7. The number of rotatable bonds is 15. The number of aromatic nitrogens is 3. The van der Waals surface area contributed by atoms with E-state index in [1.165, 1.54) is 0 Å². The summed E-state index contributed by atoms with van der Waals surface area (Å²) in [6.07, 6.45) is 4.36. The molecule has 272 valence electrons. The van der Waals surface area contributed by atoms with Crippen LogP contribution in [0.2, 0.25) is 0 Å². The van der Waals surface area contributed by atoms with E-state index in [4.69, 9.17) is 9.47 Å². The standard InChI is InChI=1S/C39H50N6O6/c1-8-20-42(24-44-30-15-13-12-14-29(30)40-41-44)37(49)34-39-22-26(6)38(7,51-39)32(33(39)36(48)45(34)31(23-46)25(5)10-3)35(47)43(21-9-2)27-16-18-28(19-17-27)50-11-4/h8-9,12-19,25-26,31-34,46H,1-2,10-11,20-24H2,3-7H3/t25-,26?,31-,32-,33-,34?,38+,39?/m0/s1. The van der Waals surface area contributed by atoms with Gasteiger partial charge < -0.3 is 29.3 Å². The Balaban J connectivity index is 1.45. The van der Waals surface area contributed by atoms with E-state index in [1.54, 1.807) is 31.5 Å². The summed E-state index contributed by atoms with van der Waals surface area (Å²) in [6.45, 7) is 18.2. The largest absolute Gasteiger partial charge is 0.494 e. The average molecular weight is 699 g/mol.